The van der Waals surface area contributed by atoms with E-state index in [4.69, 9.17) is 4.74 Å². The Hall–Kier alpha value is -2.25. The minimum atomic E-state index is -3.62. The number of piperidine rings is 1. The van der Waals surface area contributed by atoms with Crippen molar-refractivity contribution in [1.29, 1.82) is 0 Å². The molecule has 0 N–H and O–H groups in total. The maximum absolute atomic E-state index is 12.9. The molecule has 1 unspecified atom stereocenters. The van der Waals surface area contributed by atoms with Crippen molar-refractivity contribution in [2.75, 3.05) is 6.54 Å². The first-order chi connectivity index (χ1) is 12.5. The summed E-state index contributed by atoms with van der Waals surface area (Å²) in [6, 6.07) is 9.58. The molecule has 1 aromatic carbocycles. The molecule has 1 saturated heterocycles. The molecule has 6 nitrogen and oxygen atoms in total. The van der Waals surface area contributed by atoms with Gasteiger partial charge in [-0.2, -0.15) is 4.31 Å². The van der Waals surface area contributed by atoms with Gasteiger partial charge in [0.1, 0.15) is 6.61 Å². The van der Waals surface area contributed by atoms with E-state index in [9.17, 15) is 13.2 Å². The highest BCUT2D eigenvalue weighted by Crippen LogP contribution is 2.25. The van der Waals surface area contributed by atoms with Gasteiger partial charge in [0, 0.05) is 30.5 Å². The molecule has 26 heavy (non-hydrogen) atoms. The number of rotatable bonds is 5. The van der Waals surface area contributed by atoms with Gasteiger partial charge in [-0.25, -0.2) is 13.2 Å². The Balaban J connectivity index is 1.76. The molecule has 0 amide bonds. The van der Waals surface area contributed by atoms with E-state index in [0.717, 1.165) is 24.8 Å². The van der Waals surface area contributed by atoms with Gasteiger partial charge in [-0.15, -0.1) is 0 Å². The Morgan fingerprint density at radius 2 is 2.12 bits per heavy atom. The van der Waals surface area contributed by atoms with E-state index in [-0.39, 0.29) is 23.1 Å². The summed E-state index contributed by atoms with van der Waals surface area (Å²) in [7, 11) is -3.62. The Labute approximate surface area is 153 Å². The van der Waals surface area contributed by atoms with Crippen molar-refractivity contribution >= 4 is 16.0 Å². The first-order valence-electron chi connectivity index (χ1n) is 8.66. The van der Waals surface area contributed by atoms with Crippen LogP contribution < -0.4 is 0 Å². The first-order valence-corrected chi connectivity index (χ1v) is 10.1. The molecule has 3 rings (SSSR count). The van der Waals surface area contributed by atoms with Gasteiger partial charge in [0.2, 0.25) is 10.0 Å². The summed E-state index contributed by atoms with van der Waals surface area (Å²) in [4.78, 5) is 16.4. The lowest BCUT2D eigenvalue weighted by Crippen LogP contribution is -2.41. The number of sulfonamides is 1. The Kier molecular flexibility index (Phi) is 5.68. The fraction of sp³-hybridized carbons (Fsp3) is 0.368. The van der Waals surface area contributed by atoms with Crippen molar-refractivity contribution < 1.29 is 17.9 Å². The second-order valence-electron chi connectivity index (χ2n) is 6.43. The van der Waals surface area contributed by atoms with Crippen LogP contribution >= 0.6 is 0 Å². The van der Waals surface area contributed by atoms with Crippen LogP contribution in [0.5, 0.6) is 0 Å². The van der Waals surface area contributed by atoms with Crippen LogP contribution in [0, 0.1) is 0 Å². The molecule has 1 atom stereocenters. The third-order valence-corrected chi connectivity index (χ3v) is 6.52. The predicted octanol–water partition coefficient (Wildman–Crippen LogP) is 3.00. The molecule has 1 aromatic heterocycles. The van der Waals surface area contributed by atoms with Crippen molar-refractivity contribution in [2.24, 2.45) is 0 Å². The highest BCUT2D eigenvalue weighted by Gasteiger charge is 2.31. The number of pyridine rings is 1. The van der Waals surface area contributed by atoms with Crippen molar-refractivity contribution in [3.8, 4) is 0 Å². The van der Waals surface area contributed by atoms with Gasteiger partial charge in [-0.1, -0.05) is 18.6 Å². The van der Waals surface area contributed by atoms with Gasteiger partial charge in [0.05, 0.1) is 10.5 Å². The summed E-state index contributed by atoms with van der Waals surface area (Å²) in [5.74, 6) is -0.558. The molecule has 7 heteroatoms. The molecule has 1 fully saturated rings. The highest BCUT2D eigenvalue weighted by atomic mass is 32.2. The molecule has 0 bridgehead atoms. The number of hydrogen-bond acceptors (Lipinski definition) is 5. The van der Waals surface area contributed by atoms with Crippen LogP contribution in [-0.4, -0.2) is 36.3 Å². The number of hydrogen-bond donors (Lipinski definition) is 0. The van der Waals surface area contributed by atoms with Crippen molar-refractivity contribution in [2.45, 2.75) is 43.7 Å². The standard InChI is InChI=1S/C19H22N2O4S/c1-15-6-2-3-11-21(15)26(23,24)18-9-4-8-17(12-18)19(22)25-14-16-7-5-10-20-13-16/h4-5,7-10,12-13,15H,2-3,6,11,14H2,1H3. The average Bonchev–Trinajstić information content (AvgIpc) is 2.67. The maximum Gasteiger partial charge on any atom is 0.338 e. The number of nitrogens with zero attached hydrogens (tertiary/aromatic N) is 2. The molecule has 138 valence electrons. The molecular weight excluding hydrogens is 352 g/mol. The third kappa shape index (κ3) is 4.11. The molecule has 2 heterocycles. The molecule has 1 aliphatic heterocycles. The van der Waals surface area contributed by atoms with E-state index in [1.807, 2.05) is 6.92 Å². The van der Waals surface area contributed by atoms with Crippen LogP contribution in [0.4, 0.5) is 0 Å². The number of ether oxygens (including phenoxy) is 1. The van der Waals surface area contributed by atoms with Crippen LogP contribution in [0.1, 0.15) is 42.1 Å². The average molecular weight is 374 g/mol. The summed E-state index contributed by atoms with van der Waals surface area (Å²) in [6.45, 7) is 2.52. The van der Waals surface area contributed by atoms with Crippen LogP contribution in [0.2, 0.25) is 0 Å². The Morgan fingerprint density at radius 1 is 1.27 bits per heavy atom. The van der Waals surface area contributed by atoms with Gasteiger partial charge >= 0.3 is 5.97 Å². The lowest BCUT2D eigenvalue weighted by molar-refractivity contribution is 0.0472. The zero-order valence-corrected chi connectivity index (χ0v) is 15.5. The van der Waals surface area contributed by atoms with Crippen LogP contribution in [0.3, 0.4) is 0 Å². The third-order valence-electron chi connectivity index (χ3n) is 4.51. The largest absolute Gasteiger partial charge is 0.457 e. The van der Waals surface area contributed by atoms with Crippen molar-refractivity contribution in [3.05, 3.63) is 59.9 Å². The second-order valence-corrected chi connectivity index (χ2v) is 8.32. The fourth-order valence-electron chi connectivity index (χ4n) is 3.06. The lowest BCUT2D eigenvalue weighted by Gasteiger charge is -2.32. The Morgan fingerprint density at radius 3 is 2.85 bits per heavy atom. The van der Waals surface area contributed by atoms with E-state index < -0.39 is 16.0 Å². The highest BCUT2D eigenvalue weighted by molar-refractivity contribution is 7.89. The van der Waals surface area contributed by atoms with E-state index in [0.29, 0.717) is 6.54 Å². The normalized spacial score (nSPS) is 18.4. The number of esters is 1. The number of carbonyl (C=O) groups is 1. The maximum atomic E-state index is 12.9. The second kappa shape index (κ2) is 7.97. The van der Waals surface area contributed by atoms with Gasteiger partial charge in [0.15, 0.2) is 0 Å². The van der Waals surface area contributed by atoms with Crippen molar-refractivity contribution in [1.82, 2.24) is 9.29 Å². The number of benzene rings is 1. The minimum Gasteiger partial charge on any atom is -0.457 e. The van der Waals surface area contributed by atoms with Gasteiger partial charge in [-0.05, 0) is 44.0 Å². The minimum absolute atomic E-state index is 0.0325. The quantitative estimate of drug-likeness (QED) is 0.752. The predicted molar refractivity (Wildman–Crippen MR) is 97.0 cm³/mol. The molecule has 0 saturated carbocycles. The van der Waals surface area contributed by atoms with Crippen LogP contribution in [0.15, 0.2) is 53.7 Å². The van der Waals surface area contributed by atoms with E-state index >= 15 is 0 Å². The SMILES string of the molecule is CC1CCCCN1S(=O)(=O)c1cccc(C(=O)OCc2cccnc2)c1. The Bertz CT molecular complexity index is 868. The fourth-order valence-corrected chi connectivity index (χ4v) is 4.81. The summed E-state index contributed by atoms with van der Waals surface area (Å²) in [5, 5.41) is 0. The van der Waals surface area contributed by atoms with Gasteiger partial charge < -0.3 is 4.74 Å². The number of aromatic nitrogens is 1. The van der Waals surface area contributed by atoms with Crippen molar-refractivity contribution in [3.63, 3.8) is 0 Å². The zero-order chi connectivity index (χ0) is 18.6. The molecule has 2 aromatic rings. The molecule has 0 spiro atoms. The van der Waals surface area contributed by atoms with Crippen LogP contribution in [0.25, 0.3) is 0 Å². The summed E-state index contributed by atoms with van der Waals surface area (Å²) >= 11 is 0. The first kappa shape index (κ1) is 18.5. The van der Waals surface area contributed by atoms with Crippen LogP contribution in [-0.2, 0) is 21.4 Å². The summed E-state index contributed by atoms with van der Waals surface area (Å²) < 4.78 is 32.6. The molecule has 1 aliphatic rings. The monoisotopic (exact) mass is 374 g/mol. The van der Waals surface area contributed by atoms with E-state index in [1.54, 1.807) is 36.7 Å². The molecule has 0 radical (unpaired) electrons. The molecular formula is C19H22N2O4S. The van der Waals surface area contributed by atoms with Gasteiger partial charge in [-0.3, -0.25) is 4.98 Å². The van der Waals surface area contributed by atoms with E-state index in [2.05, 4.69) is 4.98 Å². The summed E-state index contributed by atoms with van der Waals surface area (Å²) in [5.41, 5.74) is 0.992. The topological polar surface area (TPSA) is 76.6 Å². The smallest absolute Gasteiger partial charge is 0.338 e. The molecule has 0 aliphatic carbocycles. The summed E-state index contributed by atoms with van der Waals surface area (Å²) in [6.07, 6.45) is 6.00. The zero-order valence-electron chi connectivity index (χ0n) is 14.7. The van der Waals surface area contributed by atoms with Gasteiger partial charge in [0.25, 0.3) is 0 Å². The van der Waals surface area contributed by atoms with E-state index in [1.165, 1.54) is 16.4 Å². The lowest BCUT2D eigenvalue weighted by atomic mass is 10.1. The number of carbonyl (C=O) groups excluding carboxylic acids is 1.